The quantitative estimate of drug-likeness (QED) is 0.136. The van der Waals surface area contributed by atoms with Crippen molar-refractivity contribution in [2.24, 2.45) is 5.73 Å². The molecule has 14 nitrogen and oxygen atoms in total. The number of piperidine rings is 1. The van der Waals surface area contributed by atoms with Crippen molar-refractivity contribution in [1.29, 1.82) is 0 Å². The molecule has 3 aromatic rings. The number of hydrogen-bond acceptors (Lipinski definition) is 10. The summed E-state index contributed by atoms with van der Waals surface area (Å²) in [5.41, 5.74) is 7.05. The van der Waals surface area contributed by atoms with Crippen LogP contribution in [0, 0.1) is 0 Å². The number of aliphatic hydroxyl groups is 2. The Kier molecular flexibility index (Phi) is 9.08. The molecular weight excluding hydrogens is 578 g/mol. The molecule has 3 heterocycles. The molecule has 1 fully saturated rings. The standard InChI is InChI=1S/C25H29N5O9S2/c26-22(33)17(10-13-12-27-16-5-2-1-4-15(13)16)28-23(34)18-11-14(29-41(38,39)19-6-3-9-40-19)7-8-30(18)24(35)20(31)21(32)25(36)37/h1-6,9,12,14,17-18,20-21,27,29,31-32H,7-8,10-11H2,(H2,26,33)(H,28,34)(H,36,37)/p-1/t14-,17+,18-,20-,21-/m0/s1. The van der Waals surface area contributed by atoms with Crippen LogP contribution in [-0.2, 0) is 35.6 Å². The van der Waals surface area contributed by atoms with Gasteiger partial charge in [0.1, 0.15) is 22.4 Å². The van der Waals surface area contributed by atoms with Crippen molar-refractivity contribution >= 4 is 56.0 Å². The van der Waals surface area contributed by atoms with Gasteiger partial charge in [-0.25, -0.2) is 13.1 Å². The van der Waals surface area contributed by atoms with Gasteiger partial charge in [0.25, 0.3) is 5.91 Å². The van der Waals surface area contributed by atoms with Crippen LogP contribution in [0.5, 0.6) is 0 Å². The Morgan fingerprint density at radius 2 is 1.88 bits per heavy atom. The first-order valence-corrected chi connectivity index (χ1v) is 14.8. The summed E-state index contributed by atoms with van der Waals surface area (Å²) < 4.78 is 28.1. The van der Waals surface area contributed by atoms with Crippen molar-refractivity contribution in [2.45, 2.75) is 53.8 Å². The van der Waals surface area contributed by atoms with Gasteiger partial charge in [0.05, 0.1) is 5.97 Å². The normalized spacial score (nSPS) is 19.8. The van der Waals surface area contributed by atoms with Gasteiger partial charge in [-0.3, -0.25) is 14.4 Å². The second kappa shape index (κ2) is 12.4. The maximum absolute atomic E-state index is 13.5. The lowest BCUT2D eigenvalue weighted by Gasteiger charge is -2.40. The molecule has 0 radical (unpaired) electrons. The summed E-state index contributed by atoms with van der Waals surface area (Å²) in [4.78, 5) is 53.7. The third-order valence-electron chi connectivity index (χ3n) is 6.82. The number of benzene rings is 1. The minimum absolute atomic E-state index is 0.00283. The summed E-state index contributed by atoms with van der Waals surface area (Å²) in [6, 6.07) is 6.68. The van der Waals surface area contributed by atoms with E-state index in [1.807, 2.05) is 18.2 Å². The first-order chi connectivity index (χ1) is 19.4. The molecule has 16 heteroatoms. The number of likely N-dealkylation sites (tertiary alicyclic amines) is 1. The number of para-hydroxylation sites is 1. The average molecular weight is 607 g/mol. The number of amides is 3. The number of aromatic nitrogens is 1. The number of aliphatic hydroxyl groups excluding tert-OH is 2. The van der Waals surface area contributed by atoms with Gasteiger partial charge in [-0.1, -0.05) is 24.3 Å². The van der Waals surface area contributed by atoms with Gasteiger partial charge in [-0.15, -0.1) is 11.3 Å². The molecule has 2 aromatic heterocycles. The Labute approximate surface area is 238 Å². The molecule has 0 aliphatic carbocycles. The third-order valence-corrected chi connectivity index (χ3v) is 9.74. The van der Waals surface area contributed by atoms with Crippen LogP contribution >= 0.6 is 11.3 Å². The van der Waals surface area contributed by atoms with E-state index in [4.69, 9.17) is 5.73 Å². The number of aliphatic carboxylic acids is 1. The van der Waals surface area contributed by atoms with Gasteiger partial charge in [0.15, 0.2) is 6.10 Å². The number of rotatable bonds is 11. The smallest absolute Gasteiger partial charge is 0.255 e. The summed E-state index contributed by atoms with van der Waals surface area (Å²) >= 11 is 0.984. The number of aromatic amines is 1. The van der Waals surface area contributed by atoms with Gasteiger partial charge >= 0.3 is 0 Å². The lowest BCUT2D eigenvalue weighted by atomic mass is 9.95. The van der Waals surface area contributed by atoms with Crippen LogP contribution in [0.4, 0.5) is 0 Å². The highest BCUT2D eigenvalue weighted by molar-refractivity contribution is 7.91. The number of fused-ring (bicyclic) bond motifs is 1. The number of carboxylic acids is 1. The van der Waals surface area contributed by atoms with Crippen molar-refractivity contribution in [1.82, 2.24) is 19.9 Å². The van der Waals surface area contributed by atoms with E-state index in [1.54, 1.807) is 23.7 Å². The monoisotopic (exact) mass is 606 g/mol. The van der Waals surface area contributed by atoms with Gasteiger partial charge < -0.3 is 41.0 Å². The molecule has 0 unspecified atom stereocenters. The van der Waals surface area contributed by atoms with E-state index in [1.165, 1.54) is 6.07 Å². The van der Waals surface area contributed by atoms with Crippen LogP contribution in [0.15, 0.2) is 52.2 Å². The first kappa shape index (κ1) is 30.1. The van der Waals surface area contributed by atoms with Crippen molar-refractivity contribution in [3.05, 3.63) is 53.5 Å². The van der Waals surface area contributed by atoms with Crippen LogP contribution in [0.1, 0.15) is 18.4 Å². The van der Waals surface area contributed by atoms with Crippen molar-refractivity contribution in [3.8, 4) is 0 Å². The second-order valence-electron chi connectivity index (χ2n) is 9.56. The number of carbonyl (C=O) groups excluding carboxylic acids is 4. The number of carboxylic acid groups (broad SMARTS) is 1. The number of hydrogen-bond donors (Lipinski definition) is 6. The molecule has 1 aromatic carbocycles. The van der Waals surface area contributed by atoms with Crippen LogP contribution in [0.3, 0.4) is 0 Å². The fraction of sp³-hybridized carbons (Fsp3) is 0.360. The molecule has 0 spiro atoms. The van der Waals surface area contributed by atoms with Crippen LogP contribution in [-0.4, -0.2) is 89.1 Å². The number of primary amides is 1. The first-order valence-electron chi connectivity index (χ1n) is 12.5. The molecule has 7 N–H and O–H groups in total. The van der Waals surface area contributed by atoms with Gasteiger partial charge in [-0.2, -0.15) is 0 Å². The highest BCUT2D eigenvalue weighted by Gasteiger charge is 2.42. The largest absolute Gasteiger partial charge is 0.547 e. The van der Waals surface area contributed by atoms with Crippen molar-refractivity contribution < 1.29 is 42.9 Å². The number of thiophene rings is 1. The maximum Gasteiger partial charge on any atom is 0.255 e. The zero-order chi connectivity index (χ0) is 29.9. The fourth-order valence-electron chi connectivity index (χ4n) is 4.72. The van der Waals surface area contributed by atoms with E-state index >= 15 is 0 Å². The minimum Gasteiger partial charge on any atom is -0.547 e. The topological polar surface area (TPSA) is 235 Å². The second-order valence-corrected chi connectivity index (χ2v) is 12.4. The van der Waals surface area contributed by atoms with Crippen LogP contribution < -0.4 is 20.9 Å². The van der Waals surface area contributed by atoms with Gasteiger partial charge in [0.2, 0.25) is 21.8 Å². The summed E-state index contributed by atoms with van der Waals surface area (Å²) in [6.45, 7) is -0.283. The molecular formula is C25H28N5O9S2-. The number of nitrogens with one attached hydrogen (secondary N) is 3. The molecule has 4 rings (SSSR count). The highest BCUT2D eigenvalue weighted by atomic mass is 32.2. The van der Waals surface area contributed by atoms with Crippen LogP contribution in [0.25, 0.3) is 10.9 Å². The fourth-order valence-corrected chi connectivity index (χ4v) is 7.02. The predicted octanol–water partition coefficient (Wildman–Crippen LogP) is -2.45. The van der Waals surface area contributed by atoms with Gasteiger partial charge in [0, 0.05) is 36.1 Å². The Morgan fingerprint density at radius 1 is 1.15 bits per heavy atom. The zero-order valence-corrected chi connectivity index (χ0v) is 23.1. The molecule has 1 aliphatic heterocycles. The van der Waals surface area contributed by atoms with Crippen LogP contribution in [0.2, 0.25) is 0 Å². The Morgan fingerprint density at radius 3 is 2.54 bits per heavy atom. The van der Waals surface area contributed by atoms with E-state index in [0.717, 1.165) is 27.1 Å². The molecule has 1 saturated heterocycles. The Hall–Kier alpha value is -3.83. The number of nitrogens with zero attached hydrogens (tertiary/aromatic N) is 1. The molecule has 0 bridgehead atoms. The van der Waals surface area contributed by atoms with E-state index < -0.39 is 64.0 Å². The number of carbonyl (C=O) groups is 4. The van der Waals surface area contributed by atoms with E-state index in [0.29, 0.717) is 5.56 Å². The van der Waals surface area contributed by atoms with E-state index in [2.05, 4.69) is 15.0 Å². The lowest BCUT2D eigenvalue weighted by Crippen LogP contribution is -2.62. The third kappa shape index (κ3) is 6.74. The molecule has 41 heavy (non-hydrogen) atoms. The maximum atomic E-state index is 13.5. The number of nitrogens with two attached hydrogens (primary N) is 1. The molecule has 3 amide bonds. The molecule has 1 aliphatic rings. The van der Waals surface area contributed by atoms with Gasteiger partial charge in [-0.05, 0) is 35.9 Å². The predicted molar refractivity (Wildman–Crippen MR) is 143 cm³/mol. The summed E-state index contributed by atoms with van der Waals surface area (Å²) in [7, 11) is -3.96. The molecule has 0 saturated carbocycles. The number of H-pyrrole nitrogens is 1. The van der Waals surface area contributed by atoms with Crippen molar-refractivity contribution in [3.63, 3.8) is 0 Å². The Balaban J connectivity index is 1.57. The molecule has 220 valence electrons. The zero-order valence-electron chi connectivity index (χ0n) is 21.4. The average Bonchev–Trinajstić information content (AvgIpc) is 3.62. The highest BCUT2D eigenvalue weighted by Crippen LogP contribution is 2.24. The Bertz CT molecular complexity index is 1540. The summed E-state index contributed by atoms with van der Waals surface area (Å²) in [5, 5.41) is 35.7. The van der Waals surface area contributed by atoms with Crippen molar-refractivity contribution in [2.75, 3.05) is 6.54 Å². The lowest BCUT2D eigenvalue weighted by molar-refractivity contribution is -0.317. The van der Waals surface area contributed by atoms with E-state index in [9.17, 15) is 42.9 Å². The minimum atomic E-state index is -3.96. The molecule has 5 atom stereocenters. The SMILES string of the molecule is NC(=O)[C@@H](Cc1c[nH]c2ccccc12)NC(=O)[C@@H]1C[C@@H](NS(=O)(=O)c2cccs2)CCN1C(=O)[C@@H](O)[C@H](O)C(=O)[O-]. The van der Waals surface area contributed by atoms with E-state index in [-0.39, 0.29) is 30.0 Å². The summed E-state index contributed by atoms with van der Waals surface area (Å²) in [6.07, 6.45) is -3.64. The number of sulfonamides is 1. The summed E-state index contributed by atoms with van der Waals surface area (Å²) in [5.74, 6) is -5.15.